The molecule has 0 saturated heterocycles. The highest BCUT2D eigenvalue weighted by molar-refractivity contribution is 6.04. The number of aryl methyl sites for hydroxylation is 2. The summed E-state index contributed by atoms with van der Waals surface area (Å²) in [6, 6.07) is 4.78. The second-order valence-corrected chi connectivity index (χ2v) is 8.06. The second-order valence-electron chi connectivity index (χ2n) is 8.06. The highest BCUT2D eigenvalue weighted by Crippen LogP contribution is 2.31. The maximum absolute atomic E-state index is 14.9. The lowest BCUT2D eigenvalue weighted by atomic mass is 9.86. The summed E-state index contributed by atoms with van der Waals surface area (Å²) in [6.07, 6.45) is 4.76. The van der Waals surface area contributed by atoms with Crippen molar-refractivity contribution in [1.82, 2.24) is 9.88 Å². The number of carbonyl (C=O) groups is 2. The van der Waals surface area contributed by atoms with E-state index in [1.54, 1.807) is 6.92 Å². The second kappa shape index (κ2) is 8.53. The van der Waals surface area contributed by atoms with Crippen molar-refractivity contribution in [3.63, 3.8) is 0 Å². The largest absolute Gasteiger partial charge is 0.364 e. The molecule has 162 valence electrons. The van der Waals surface area contributed by atoms with Crippen molar-refractivity contribution in [1.29, 1.82) is 0 Å². The standard InChI is InChI=1S/C22H26F3N3O2/c1-13-6-4-5-7-18(13)27-21(30)22(24,25)19-11-15(12-28(19)3)20(29)26-16-8-9-17(23)14(2)10-16/h8-13,18H,4-7H2,1-3H3,(H,26,29)(H,27,30)/t13-,18-/m1/s1. The first kappa shape index (κ1) is 21.9. The van der Waals surface area contributed by atoms with Crippen molar-refractivity contribution < 1.29 is 22.8 Å². The molecule has 0 spiro atoms. The molecule has 3 rings (SSSR count). The molecule has 0 radical (unpaired) electrons. The third kappa shape index (κ3) is 4.52. The number of carbonyl (C=O) groups excluding carboxylic acids is 2. The highest BCUT2D eigenvalue weighted by Gasteiger charge is 2.45. The summed E-state index contributed by atoms with van der Waals surface area (Å²) in [4.78, 5) is 24.8. The lowest BCUT2D eigenvalue weighted by Crippen LogP contribution is -2.47. The minimum atomic E-state index is -3.78. The maximum Gasteiger partial charge on any atom is 0.364 e. The van der Waals surface area contributed by atoms with E-state index >= 15 is 0 Å². The Balaban J connectivity index is 1.75. The monoisotopic (exact) mass is 421 g/mol. The van der Waals surface area contributed by atoms with Crippen molar-refractivity contribution in [3.05, 3.63) is 53.1 Å². The summed E-state index contributed by atoms with van der Waals surface area (Å²) in [6.45, 7) is 3.50. The van der Waals surface area contributed by atoms with E-state index in [4.69, 9.17) is 0 Å². The van der Waals surface area contributed by atoms with Crippen LogP contribution in [0.4, 0.5) is 18.9 Å². The van der Waals surface area contributed by atoms with Crippen molar-refractivity contribution in [2.45, 2.75) is 51.5 Å². The van der Waals surface area contributed by atoms with Crippen molar-refractivity contribution >= 4 is 17.5 Å². The predicted octanol–water partition coefficient (Wildman–Crippen LogP) is 4.51. The summed E-state index contributed by atoms with van der Waals surface area (Å²) >= 11 is 0. The molecule has 5 nitrogen and oxygen atoms in total. The number of aromatic nitrogens is 1. The van der Waals surface area contributed by atoms with Crippen molar-refractivity contribution in [3.8, 4) is 0 Å². The van der Waals surface area contributed by atoms with Gasteiger partial charge < -0.3 is 15.2 Å². The van der Waals surface area contributed by atoms with E-state index in [1.807, 2.05) is 6.92 Å². The van der Waals surface area contributed by atoms with Crippen LogP contribution < -0.4 is 10.6 Å². The van der Waals surface area contributed by atoms with Crippen LogP contribution in [0.1, 0.15) is 54.2 Å². The van der Waals surface area contributed by atoms with Crippen LogP contribution in [0, 0.1) is 18.7 Å². The Bertz CT molecular complexity index is 955. The summed E-state index contributed by atoms with van der Waals surface area (Å²) in [5.41, 5.74) is 0.110. The average Bonchev–Trinajstić information content (AvgIpc) is 3.09. The van der Waals surface area contributed by atoms with Gasteiger partial charge in [-0.2, -0.15) is 8.78 Å². The van der Waals surface area contributed by atoms with Gasteiger partial charge in [0.1, 0.15) is 5.82 Å². The van der Waals surface area contributed by atoms with Gasteiger partial charge in [-0.1, -0.05) is 19.8 Å². The summed E-state index contributed by atoms with van der Waals surface area (Å²) in [5, 5.41) is 5.04. The van der Waals surface area contributed by atoms with Gasteiger partial charge in [0, 0.05) is 25.0 Å². The van der Waals surface area contributed by atoms with Crippen LogP contribution in [0.3, 0.4) is 0 Å². The number of nitrogens with one attached hydrogen (secondary N) is 2. The third-order valence-electron chi connectivity index (χ3n) is 5.72. The Morgan fingerprint density at radius 3 is 2.53 bits per heavy atom. The van der Waals surface area contributed by atoms with Gasteiger partial charge in [0.2, 0.25) is 0 Å². The molecule has 1 aliphatic rings. The topological polar surface area (TPSA) is 63.1 Å². The summed E-state index contributed by atoms with van der Waals surface area (Å²) in [7, 11) is 1.36. The zero-order chi connectivity index (χ0) is 22.1. The molecule has 2 amide bonds. The van der Waals surface area contributed by atoms with Crippen LogP contribution in [0.2, 0.25) is 0 Å². The van der Waals surface area contributed by atoms with Crippen LogP contribution in [-0.2, 0) is 17.8 Å². The number of alkyl halides is 2. The number of benzene rings is 1. The number of nitrogens with zero attached hydrogens (tertiary/aromatic N) is 1. The molecule has 1 aromatic carbocycles. The molecule has 0 aliphatic heterocycles. The average molecular weight is 421 g/mol. The number of halogens is 3. The van der Waals surface area contributed by atoms with Crippen LogP contribution in [0.15, 0.2) is 30.5 Å². The number of anilines is 1. The lowest BCUT2D eigenvalue weighted by molar-refractivity contribution is -0.149. The number of hydrogen-bond acceptors (Lipinski definition) is 2. The van der Waals surface area contributed by atoms with Gasteiger partial charge in [-0.15, -0.1) is 0 Å². The Labute approximate surface area is 173 Å². The van der Waals surface area contributed by atoms with E-state index in [0.29, 0.717) is 17.7 Å². The SMILES string of the molecule is Cc1cc(NC(=O)c2cc(C(F)(F)C(=O)N[C@@H]3CCCC[C@H]3C)n(C)c2)ccc1F. The predicted molar refractivity (Wildman–Crippen MR) is 108 cm³/mol. The Hall–Kier alpha value is -2.77. The van der Waals surface area contributed by atoms with Crippen LogP contribution >= 0.6 is 0 Å². The fraction of sp³-hybridized carbons (Fsp3) is 0.455. The number of rotatable bonds is 5. The van der Waals surface area contributed by atoms with Crippen molar-refractivity contribution in [2.75, 3.05) is 5.32 Å². The van der Waals surface area contributed by atoms with Gasteiger partial charge in [-0.05, 0) is 55.5 Å². The molecule has 2 atom stereocenters. The first-order valence-corrected chi connectivity index (χ1v) is 10.0. The van der Waals surface area contributed by atoms with Gasteiger partial charge in [0.25, 0.3) is 11.8 Å². The fourth-order valence-corrected chi connectivity index (χ4v) is 3.83. The van der Waals surface area contributed by atoms with Gasteiger partial charge in [0.15, 0.2) is 0 Å². The van der Waals surface area contributed by atoms with E-state index in [0.717, 1.165) is 29.9 Å². The molecule has 2 N–H and O–H groups in total. The molecule has 30 heavy (non-hydrogen) atoms. The minimum absolute atomic E-state index is 0.0204. The lowest BCUT2D eigenvalue weighted by Gasteiger charge is -2.30. The molecule has 1 aromatic heterocycles. The molecule has 8 heteroatoms. The first-order valence-electron chi connectivity index (χ1n) is 10.0. The zero-order valence-electron chi connectivity index (χ0n) is 17.3. The highest BCUT2D eigenvalue weighted by atomic mass is 19.3. The normalized spacial score (nSPS) is 19.4. The Kier molecular flexibility index (Phi) is 6.24. The third-order valence-corrected chi connectivity index (χ3v) is 5.72. The number of amides is 2. The molecular weight excluding hydrogens is 395 g/mol. The Morgan fingerprint density at radius 2 is 1.87 bits per heavy atom. The molecule has 0 bridgehead atoms. The van der Waals surface area contributed by atoms with E-state index < -0.39 is 29.2 Å². The molecule has 1 fully saturated rings. The quantitative estimate of drug-likeness (QED) is 0.746. The van der Waals surface area contributed by atoms with Gasteiger partial charge in [-0.25, -0.2) is 4.39 Å². The summed E-state index contributed by atoms with van der Waals surface area (Å²) < 4.78 is 44.2. The van der Waals surface area contributed by atoms with E-state index in [1.165, 1.54) is 31.4 Å². The van der Waals surface area contributed by atoms with Crippen LogP contribution in [0.25, 0.3) is 0 Å². The maximum atomic E-state index is 14.9. The molecule has 1 saturated carbocycles. The Morgan fingerprint density at radius 1 is 1.17 bits per heavy atom. The molecule has 2 aromatic rings. The smallest absolute Gasteiger partial charge is 0.348 e. The van der Waals surface area contributed by atoms with E-state index in [2.05, 4.69) is 10.6 Å². The van der Waals surface area contributed by atoms with E-state index in [-0.39, 0.29) is 17.5 Å². The van der Waals surface area contributed by atoms with Gasteiger partial charge in [0.05, 0.1) is 11.3 Å². The van der Waals surface area contributed by atoms with Gasteiger partial charge in [-0.3, -0.25) is 9.59 Å². The summed E-state index contributed by atoms with van der Waals surface area (Å²) in [5.74, 6) is -6.03. The van der Waals surface area contributed by atoms with Crippen molar-refractivity contribution in [2.24, 2.45) is 13.0 Å². The van der Waals surface area contributed by atoms with Gasteiger partial charge >= 0.3 is 5.92 Å². The van der Waals surface area contributed by atoms with E-state index in [9.17, 15) is 22.8 Å². The zero-order valence-corrected chi connectivity index (χ0v) is 17.3. The first-order chi connectivity index (χ1) is 14.1. The van der Waals surface area contributed by atoms with Crippen LogP contribution in [0.5, 0.6) is 0 Å². The minimum Gasteiger partial charge on any atom is -0.348 e. The van der Waals surface area contributed by atoms with Crippen LogP contribution in [-0.4, -0.2) is 22.4 Å². The molecule has 1 aliphatic carbocycles. The number of hydrogen-bond donors (Lipinski definition) is 2. The molecular formula is C22H26F3N3O2. The molecule has 1 heterocycles. The fourth-order valence-electron chi connectivity index (χ4n) is 3.83. The molecule has 0 unspecified atom stereocenters.